The molecule has 1 N–H and O–H groups in total. The second kappa shape index (κ2) is 14.6. The molecule has 224 valence electrons. The molecule has 7 nitrogen and oxygen atoms in total. The van der Waals surface area contributed by atoms with E-state index in [0.717, 1.165) is 21.5 Å². The third-order valence-corrected chi connectivity index (χ3v) is 8.66. The van der Waals surface area contributed by atoms with Crippen LogP contribution in [0.25, 0.3) is 0 Å². The van der Waals surface area contributed by atoms with Crippen LogP contribution in [-0.2, 0) is 32.6 Å². The number of amides is 2. The lowest BCUT2D eigenvalue weighted by Crippen LogP contribution is -2.53. The van der Waals surface area contributed by atoms with Gasteiger partial charge in [0.1, 0.15) is 18.4 Å². The predicted molar refractivity (Wildman–Crippen MR) is 166 cm³/mol. The number of benzene rings is 4. The number of carbonyl (C=O) groups excluding carboxylic acids is 2. The third-order valence-electron chi connectivity index (χ3n) is 6.88. The monoisotopic (exact) mass is 601 g/mol. The second-order valence-corrected chi connectivity index (χ2v) is 12.5. The summed E-state index contributed by atoms with van der Waals surface area (Å²) < 4.78 is 43.7. The van der Waals surface area contributed by atoms with Gasteiger partial charge in [-0.2, -0.15) is 0 Å². The number of rotatable bonds is 13. The normalized spacial score (nSPS) is 12.0. The van der Waals surface area contributed by atoms with Gasteiger partial charge < -0.3 is 10.2 Å². The fourth-order valence-electron chi connectivity index (χ4n) is 4.64. The zero-order valence-electron chi connectivity index (χ0n) is 24.3. The molecule has 9 heteroatoms. The Balaban J connectivity index is 1.78. The Labute approximate surface area is 253 Å². The van der Waals surface area contributed by atoms with Crippen LogP contribution in [0.4, 0.5) is 10.1 Å². The smallest absolute Gasteiger partial charge is 0.264 e. The highest BCUT2D eigenvalue weighted by atomic mass is 32.2. The van der Waals surface area contributed by atoms with Crippen LogP contribution in [0.1, 0.15) is 25.0 Å². The van der Waals surface area contributed by atoms with E-state index in [1.807, 2.05) is 74.5 Å². The van der Waals surface area contributed by atoms with Crippen molar-refractivity contribution in [3.05, 3.63) is 132 Å². The maximum absolute atomic E-state index is 15.1. The van der Waals surface area contributed by atoms with E-state index in [1.165, 1.54) is 35.2 Å². The lowest BCUT2D eigenvalue weighted by molar-refractivity contribution is -0.140. The molecule has 43 heavy (non-hydrogen) atoms. The minimum absolute atomic E-state index is 0.0444. The molecule has 4 rings (SSSR count). The molecule has 0 aliphatic carbocycles. The maximum Gasteiger partial charge on any atom is 0.264 e. The van der Waals surface area contributed by atoms with Gasteiger partial charge in [0.25, 0.3) is 10.0 Å². The average Bonchev–Trinajstić information content (AvgIpc) is 3.02. The molecule has 4 aromatic rings. The fraction of sp³-hybridized carbons (Fsp3) is 0.235. The van der Waals surface area contributed by atoms with E-state index in [4.69, 9.17) is 0 Å². The van der Waals surface area contributed by atoms with E-state index in [0.29, 0.717) is 6.54 Å². The van der Waals surface area contributed by atoms with Crippen LogP contribution < -0.4 is 9.62 Å². The molecule has 0 saturated heterocycles. The van der Waals surface area contributed by atoms with E-state index < -0.39 is 34.3 Å². The van der Waals surface area contributed by atoms with Crippen molar-refractivity contribution in [2.24, 2.45) is 5.92 Å². The Morgan fingerprint density at radius 2 is 1.30 bits per heavy atom. The Bertz CT molecular complexity index is 1600. The molecule has 0 fully saturated rings. The number of carbonyl (C=O) groups is 2. The first-order valence-corrected chi connectivity index (χ1v) is 15.6. The lowest BCUT2D eigenvalue weighted by Gasteiger charge is -2.34. The number of anilines is 1. The van der Waals surface area contributed by atoms with Crippen LogP contribution in [0.15, 0.2) is 120 Å². The van der Waals surface area contributed by atoms with Gasteiger partial charge in [0.2, 0.25) is 11.8 Å². The number of nitrogens with zero attached hydrogens (tertiary/aromatic N) is 2. The van der Waals surface area contributed by atoms with Gasteiger partial charge in [-0.1, -0.05) is 105 Å². The summed E-state index contributed by atoms with van der Waals surface area (Å²) in [7, 11) is -4.36. The van der Waals surface area contributed by atoms with Crippen molar-refractivity contribution in [3.63, 3.8) is 0 Å². The fourth-order valence-corrected chi connectivity index (χ4v) is 6.09. The van der Waals surface area contributed by atoms with Crippen LogP contribution in [0, 0.1) is 11.7 Å². The molecule has 0 spiro atoms. The summed E-state index contributed by atoms with van der Waals surface area (Å²) in [5.74, 6) is -1.62. The van der Waals surface area contributed by atoms with Gasteiger partial charge in [-0.3, -0.25) is 13.9 Å². The summed E-state index contributed by atoms with van der Waals surface area (Å²) in [6.45, 7) is 3.68. The summed E-state index contributed by atoms with van der Waals surface area (Å²) in [6.07, 6.45) is 0.203. The van der Waals surface area contributed by atoms with E-state index >= 15 is 4.39 Å². The first-order chi connectivity index (χ1) is 20.7. The number of hydrogen-bond acceptors (Lipinski definition) is 4. The van der Waals surface area contributed by atoms with Crippen molar-refractivity contribution in [2.75, 3.05) is 17.4 Å². The molecule has 1 atom stereocenters. The molecule has 0 unspecified atom stereocenters. The maximum atomic E-state index is 15.1. The van der Waals surface area contributed by atoms with Crippen LogP contribution in [0.3, 0.4) is 0 Å². The van der Waals surface area contributed by atoms with E-state index in [9.17, 15) is 18.0 Å². The van der Waals surface area contributed by atoms with Gasteiger partial charge in [0.15, 0.2) is 0 Å². The molecule has 2 amide bonds. The molecule has 4 aromatic carbocycles. The first kappa shape index (κ1) is 31.4. The Kier molecular flexibility index (Phi) is 10.7. The molecule has 0 bridgehead atoms. The zero-order valence-corrected chi connectivity index (χ0v) is 25.1. The highest BCUT2D eigenvalue weighted by Crippen LogP contribution is 2.27. The molecule has 0 heterocycles. The lowest BCUT2D eigenvalue weighted by atomic mass is 10.0. The van der Waals surface area contributed by atoms with Crippen LogP contribution in [-0.4, -0.2) is 44.3 Å². The largest absolute Gasteiger partial charge is 0.354 e. The molecular formula is C34H36FN3O4S. The standard InChI is InChI=1S/C34H36FN3O4S/c1-26(2)23-36-34(40)32(22-27-14-6-3-7-15-27)37(24-28-16-8-4-9-17-28)33(39)25-38(31-21-13-12-20-30(31)35)43(41,42)29-18-10-5-11-19-29/h3-21,26,32H,22-25H2,1-2H3,(H,36,40)/t32-/m1/s1. The second-order valence-electron chi connectivity index (χ2n) is 10.6. The van der Waals surface area contributed by atoms with E-state index in [2.05, 4.69) is 5.32 Å². The number of nitrogens with one attached hydrogen (secondary N) is 1. The van der Waals surface area contributed by atoms with Crippen LogP contribution in [0.2, 0.25) is 0 Å². The minimum atomic E-state index is -4.36. The summed E-state index contributed by atoms with van der Waals surface area (Å²) in [5.41, 5.74) is 1.33. The molecule has 0 aliphatic rings. The quantitative estimate of drug-likeness (QED) is 0.221. The summed E-state index contributed by atoms with van der Waals surface area (Å²) in [4.78, 5) is 29.3. The molecule has 0 saturated carbocycles. The van der Waals surface area contributed by atoms with Crippen LogP contribution in [0.5, 0.6) is 0 Å². The van der Waals surface area contributed by atoms with Crippen molar-refractivity contribution in [1.82, 2.24) is 10.2 Å². The summed E-state index contributed by atoms with van der Waals surface area (Å²) in [5, 5.41) is 2.95. The van der Waals surface area contributed by atoms with Crippen LogP contribution >= 0.6 is 0 Å². The van der Waals surface area contributed by atoms with Crippen molar-refractivity contribution in [1.29, 1.82) is 0 Å². The number of halogens is 1. The highest BCUT2D eigenvalue weighted by Gasteiger charge is 2.35. The van der Waals surface area contributed by atoms with Gasteiger partial charge >= 0.3 is 0 Å². The minimum Gasteiger partial charge on any atom is -0.354 e. The highest BCUT2D eigenvalue weighted by molar-refractivity contribution is 7.92. The molecule has 0 aliphatic heterocycles. The Hall–Kier alpha value is -4.50. The van der Waals surface area contributed by atoms with E-state index in [1.54, 1.807) is 18.2 Å². The van der Waals surface area contributed by atoms with Crippen molar-refractivity contribution in [3.8, 4) is 0 Å². The topological polar surface area (TPSA) is 86.8 Å². The number of para-hydroxylation sites is 1. The molecule has 0 aromatic heterocycles. The number of sulfonamides is 1. The average molecular weight is 602 g/mol. The third kappa shape index (κ3) is 8.29. The first-order valence-electron chi connectivity index (χ1n) is 14.1. The SMILES string of the molecule is CC(C)CNC(=O)[C@@H](Cc1ccccc1)N(Cc1ccccc1)C(=O)CN(c1ccccc1F)S(=O)(=O)c1ccccc1. The number of hydrogen-bond donors (Lipinski definition) is 1. The Morgan fingerprint density at radius 1 is 0.767 bits per heavy atom. The van der Waals surface area contributed by atoms with Gasteiger partial charge in [0.05, 0.1) is 10.6 Å². The predicted octanol–water partition coefficient (Wildman–Crippen LogP) is 5.43. The van der Waals surface area contributed by atoms with E-state index in [-0.39, 0.29) is 35.4 Å². The molecular weight excluding hydrogens is 565 g/mol. The van der Waals surface area contributed by atoms with Crippen molar-refractivity contribution >= 4 is 27.5 Å². The van der Waals surface area contributed by atoms with Crippen molar-refractivity contribution in [2.45, 2.75) is 37.8 Å². The summed E-state index contributed by atoms with van der Waals surface area (Å²) >= 11 is 0. The van der Waals surface area contributed by atoms with Crippen molar-refractivity contribution < 1.29 is 22.4 Å². The zero-order chi connectivity index (χ0) is 30.8. The summed E-state index contributed by atoms with van der Waals surface area (Å²) in [6, 6.07) is 30.5. The van der Waals surface area contributed by atoms with Gasteiger partial charge in [-0.05, 0) is 41.3 Å². The van der Waals surface area contributed by atoms with Gasteiger partial charge in [-0.25, -0.2) is 12.8 Å². The Morgan fingerprint density at radius 3 is 1.88 bits per heavy atom. The molecule has 0 radical (unpaired) electrons. The van der Waals surface area contributed by atoms with Gasteiger partial charge in [0, 0.05) is 19.5 Å². The van der Waals surface area contributed by atoms with Gasteiger partial charge in [-0.15, -0.1) is 0 Å².